The standard InChI is InChI=1S/C13H16ClNO2.Na/c14-11-3-1-10(2-4-11)9-13(12(16)17)5-7-15-8-6-13;/h1-4,15H,5-9H2,(H,16,17);/q;+1/p-1. The van der Waals surface area contributed by atoms with Gasteiger partial charge >= 0.3 is 29.6 Å². The molecule has 0 aromatic heterocycles. The number of carbonyl (C=O) groups is 1. The Bertz CT molecular complexity index is 402. The van der Waals surface area contributed by atoms with Crippen molar-refractivity contribution >= 4 is 17.6 Å². The van der Waals surface area contributed by atoms with Crippen molar-refractivity contribution in [1.82, 2.24) is 5.32 Å². The van der Waals surface area contributed by atoms with Crippen LogP contribution in [0.5, 0.6) is 0 Å². The van der Waals surface area contributed by atoms with E-state index in [0.717, 1.165) is 18.7 Å². The molecule has 1 aromatic carbocycles. The molecule has 1 aromatic rings. The molecule has 1 aliphatic heterocycles. The van der Waals surface area contributed by atoms with Gasteiger partial charge in [0.05, 0.1) is 0 Å². The molecule has 0 aliphatic carbocycles. The molecule has 0 bridgehead atoms. The van der Waals surface area contributed by atoms with Crippen LogP contribution in [-0.4, -0.2) is 19.1 Å². The average molecular weight is 276 g/mol. The number of nitrogens with one attached hydrogen (secondary N) is 1. The summed E-state index contributed by atoms with van der Waals surface area (Å²) in [7, 11) is 0. The summed E-state index contributed by atoms with van der Waals surface area (Å²) in [5.41, 5.74) is 0.277. The number of halogens is 1. The molecule has 3 nitrogen and oxygen atoms in total. The first-order chi connectivity index (χ1) is 8.12. The maximum absolute atomic E-state index is 11.4. The van der Waals surface area contributed by atoms with Crippen molar-refractivity contribution in [2.45, 2.75) is 19.3 Å². The molecular formula is C13H15ClNNaO2. The molecule has 1 aliphatic rings. The van der Waals surface area contributed by atoms with Crippen molar-refractivity contribution in [3.63, 3.8) is 0 Å². The smallest absolute Gasteiger partial charge is 0.550 e. The minimum Gasteiger partial charge on any atom is -0.550 e. The topological polar surface area (TPSA) is 52.2 Å². The molecule has 0 unspecified atom stereocenters. The first-order valence-corrected chi connectivity index (χ1v) is 6.17. The second kappa shape index (κ2) is 6.92. The second-order valence-corrected chi connectivity index (χ2v) is 5.06. The number of carboxylic acids is 1. The van der Waals surface area contributed by atoms with E-state index in [9.17, 15) is 9.90 Å². The Morgan fingerprint density at radius 1 is 1.28 bits per heavy atom. The van der Waals surface area contributed by atoms with Gasteiger partial charge in [-0.3, -0.25) is 0 Å². The average Bonchev–Trinajstić information content (AvgIpc) is 2.33. The van der Waals surface area contributed by atoms with Gasteiger partial charge in [-0.05, 0) is 50.0 Å². The van der Waals surface area contributed by atoms with E-state index in [2.05, 4.69) is 5.32 Å². The number of piperidine rings is 1. The molecule has 0 atom stereocenters. The molecule has 2 rings (SSSR count). The Balaban J connectivity index is 0.00000162. The van der Waals surface area contributed by atoms with E-state index in [0.29, 0.717) is 24.3 Å². The molecule has 0 radical (unpaired) electrons. The number of hydrogen-bond donors (Lipinski definition) is 1. The third-order valence-electron chi connectivity index (χ3n) is 3.45. The predicted molar refractivity (Wildman–Crippen MR) is 64.7 cm³/mol. The van der Waals surface area contributed by atoms with Gasteiger partial charge in [0.2, 0.25) is 0 Å². The van der Waals surface area contributed by atoms with Gasteiger partial charge in [-0.2, -0.15) is 0 Å². The zero-order valence-corrected chi connectivity index (χ0v) is 13.3. The molecule has 92 valence electrons. The van der Waals surface area contributed by atoms with Crippen LogP contribution in [0.2, 0.25) is 5.02 Å². The maximum atomic E-state index is 11.4. The van der Waals surface area contributed by atoms with Crippen LogP contribution in [0, 0.1) is 5.41 Å². The molecule has 1 saturated heterocycles. The van der Waals surface area contributed by atoms with Crippen molar-refractivity contribution in [3.05, 3.63) is 34.9 Å². The molecule has 1 heterocycles. The molecule has 0 amide bonds. The van der Waals surface area contributed by atoms with Crippen LogP contribution < -0.4 is 40.0 Å². The fraction of sp³-hybridized carbons (Fsp3) is 0.462. The van der Waals surface area contributed by atoms with Crippen LogP contribution in [0.1, 0.15) is 18.4 Å². The van der Waals surface area contributed by atoms with Crippen LogP contribution >= 0.6 is 11.6 Å². The molecule has 0 spiro atoms. The van der Waals surface area contributed by atoms with Gasteiger partial charge in [0.15, 0.2) is 0 Å². The van der Waals surface area contributed by atoms with Gasteiger partial charge in [0.25, 0.3) is 0 Å². The first-order valence-electron chi connectivity index (χ1n) is 5.79. The van der Waals surface area contributed by atoms with E-state index in [1.54, 1.807) is 12.1 Å². The zero-order chi connectivity index (χ0) is 12.3. The van der Waals surface area contributed by atoms with Gasteiger partial charge in [-0.1, -0.05) is 23.7 Å². The Labute approximate surface area is 134 Å². The van der Waals surface area contributed by atoms with Crippen LogP contribution in [-0.2, 0) is 11.2 Å². The second-order valence-electron chi connectivity index (χ2n) is 4.62. The van der Waals surface area contributed by atoms with E-state index >= 15 is 0 Å². The fourth-order valence-electron chi connectivity index (χ4n) is 2.35. The maximum Gasteiger partial charge on any atom is 1.00 e. The molecule has 18 heavy (non-hydrogen) atoms. The Hall–Kier alpha value is -0.0600. The number of hydrogen-bond acceptors (Lipinski definition) is 3. The van der Waals surface area contributed by atoms with Gasteiger partial charge < -0.3 is 15.2 Å². The number of carboxylic acid groups (broad SMARTS) is 1. The first kappa shape index (κ1) is 16.0. The van der Waals surface area contributed by atoms with Crippen LogP contribution in [0.3, 0.4) is 0 Å². The normalized spacial score (nSPS) is 17.8. The summed E-state index contributed by atoms with van der Waals surface area (Å²) in [6, 6.07) is 7.35. The molecule has 1 N–H and O–H groups in total. The number of rotatable bonds is 3. The summed E-state index contributed by atoms with van der Waals surface area (Å²) in [5.74, 6) is -0.936. The van der Waals surface area contributed by atoms with Crippen molar-refractivity contribution in [3.8, 4) is 0 Å². The van der Waals surface area contributed by atoms with E-state index in [1.165, 1.54) is 0 Å². The molecular weight excluding hydrogens is 261 g/mol. The number of aliphatic carboxylic acids is 1. The summed E-state index contributed by atoms with van der Waals surface area (Å²) in [4.78, 5) is 11.4. The largest absolute Gasteiger partial charge is 1.00 e. The van der Waals surface area contributed by atoms with Crippen LogP contribution in [0.4, 0.5) is 0 Å². The summed E-state index contributed by atoms with van der Waals surface area (Å²) >= 11 is 5.81. The Morgan fingerprint density at radius 2 is 1.83 bits per heavy atom. The van der Waals surface area contributed by atoms with Gasteiger partial charge in [0.1, 0.15) is 0 Å². The Morgan fingerprint density at radius 3 is 2.33 bits per heavy atom. The Kier molecular flexibility index (Phi) is 6.15. The minimum atomic E-state index is -0.936. The van der Waals surface area contributed by atoms with Crippen molar-refractivity contribution in [1.29, 1.82) is 0 Å². The number of benzene rings is 1. The zero-order valence-electron chi connectivity index (χ0n) is 10.5. The quantitative estimate of drug-likeness (QED) is 0.650. The monoisotopic (exact) mass is 275 g/mol. The van der Waals surface area contributed by atoms with E-state index in [4.69, 9.17) is 11.6 Å². The minimum absolute atomic E-state index is 0. The van der Waals surface area contributed by atoms with Crippen molar-refractivity contribution in [2.24, 2.45) is 5.41 Å². The van der Waals surface area contributed by atoms with E-state index in [1.807, 2.05) is 12.1 Å². The molecule has 5 heteroatoms. The predicted octanol–water partition coefficient (Wildman–Crippen LogP) is -1.99. The van der Waals surface area contributed by atoms with Crippen molar-refractivity contribution in [2.75, 3.05) is 13.1 Å². The van der Waals surface area contributed by atoms with Crippen LogP contribution in [0.25, 0.3) is 0 Å². The van der Waals surface area contributed by atoms with Gasteiger partial charge in [-0.25, -0.2) is 0 Å². The van der Waals surface area contributed by atoms with Crippen LogP contribution in [0.15, 0.2) is 24.3 Å². The summed E-state index contributed by atoms with van der Waals surface area (Å²) in [5, 5.41) is 15.2. The summed E-state index contributed by atoms with van der Waals surface area (Å²) < 4.78 is 0. The SMILES string of the molecule is O=C([O-])C1(Cc2ccc(Cl)cc2)CCNCC1.[Na+]. The molecule has 1 fully saturated rings. The fourth-order valence-corrected chi connectivity index (χ4v) is 2.48. The van der Waals surface area contributed by atoms with Gasteiger partial charge in [0, 0.05) is 16.4 Å². The summed E-state index contributed by atoms with van der Waals surface area (Å²) in [6.45, 7) is 1.48. The van der Waals surface area contributed by atoms with Gasteiger partial charge in [-0.15, -0.1) is 0 Å². The van der Waals surface area contributed by atoms with Crippen molar-refractivity contribution < 1.29 is 39.5 Å². The third-order valence-corrected chi connectivity index (χ3v) is 3.70. The third kappa shape index (κ3) is 3.72. The molecule has 0 saturated carbocycles. The van der Waals surface area contributed by atoms with E-state index < -0.39 is 11.4 Å². The number of carbonyl (C=O) groups excluding carboxylic acids is 1. The summed E-state index contributed by atoms with van der Waals surface area (Å²) in [6.07, 6.45) is 1.77. The van der Waals surface area contributed by atoms with E-state index in [-0.39, 0.29) is 29.6 Å².